The van der Waals surface area contributed by atoms with E-state index in [-0.39, 0.29) is 19.6 Å². The Morgan fingerprint density at radius 3 is 1.63 bits per heavy atom. The summed E-state index contributed by atoms with van der Waals surface area (Å²) in [6, 6.07) is 0. The molecule has 1 aliphatic rings. The maximum atomic E-state index is 12.6. The average Bonchev–Trinajstić information content (AvgIpc) is 3.06. The maximum absolute atomic E-state index is 12.6. The van der Waals surface area contributed by atoms with Crippen molar-refractivity contribution in [2.75, 3.05) is 26.4 Å². The molecule has 1 rings (SSSR count). The molecule has 0 aromatic heterocycles. The molecule has 6 unspecified atom stereocenters. The molecule has 0 saturated carbocycles. The molecule has 1 heterocycles. The van der Waals surface area contributed by atoms with Gasteiger partial charge in [-0.25, -0.2) is 4.18 Å². The highest BCUT2D eigenvalue weighted by Crippen LogP contribution is 2.26. The first kappa shape index (κ1) is 46.1. The Balaban J connectivity index is 2.41. The van der Waals surface area contributed by atoms with Crippen molar-refractivity contribution in [2.45, 2.75) is 198 Å². The number of hydrogen-bond donors (Lipinski definition) is 4. The third kappa shape index (κ3) is 24.1. The second-order valence-electron chi connectivity index (χ2n) is 13.5. The van der Waals surface area contributed by atoms with Gasteiger partial charge in [-0.05, 0) is 12.8 Å². The Bertz CT molecular complexity index is 889. The highest BCUT2D eigenvalue weighted by Gasteiger charge is 2.48. The average molecular weight is 727 g/mol. The maximum Gasteiger partial charge on any atom is 0.397 e. The predicted molar refractivity (Wildman–Crippen MR) is 188 cm³/mol. The van der Waals surface area contributed by atoms with E-state index in [9.17, 15) is 28.5 Å². The van der Waals surface area contributed by atoms with Gasteiger partial charge in [0.05, 0.1) is 19.8 Å². The molecule has 0 aromatic rings. The standard InChI is InChI=1S/C36H70O12S/c1-3-5-7-9-11-12-13-14-15-16-17-18-19-20-22-24-26-44-28-30(46-32(38)25-23-21-10-8-6-4-2)29-45-36-34(40)35(48-49(41,42)43)33(39)31(27-37)47-36/h30-31,33-37,39-40H,3-29H2,1-2H3,(H,41,42,43). The molecule has 0 aromatic carbocycles. The van der Waals surface area contributed by atoms with Crippen LogP contribution in [0, 0.1) is 0 Å². The fraction of sp³-hybridized carbons (Fsp3) is 0.972. The monoisotopic (exact) mass is 726 g/mol. The number of ether oxygens (including phenoxy) is 4. The van der Waals surface area contributed by atoms with Crippen molar-refractivity contribution in [2.24, 2.45) is 0 Å². The third-order valence-corrected chi connectivity index (χ3v) is 9.44. The molecule has 1 fully saturated rings. The summed E-state index contributed by atoms with van der Waals surface area (Å²) in [5.74, 6) is -0.406. The van der Waals surface area contributed by atoms with Crippen LogP contribution in [0.15, 0.2) is 0 Å². The quantitative estimate of drug-likeness (QED) is 0.0325. The molecule has 1 aliphatic heterocycles. The molecule has 4 N–H and O–H groups in total. The van der Waals surface area contributed by atoms with Crippen molar-refractivity contribution in [3.05, 3.63) is 0 Å². The van der Waals surface area contributed by atoms with Crippen molar-refractivity contribution in [1.82, 2.24) is 0 Å². The Labute approximate surface area is 296 Å². The molecule has 0 spiro atoms. The van der Waals surface area contributed by atoms with Crippen LogP contribution >= 0.6 is 0 Å². The Morgan fingerprint density at radius 1 is 0.694 bits per heavy atom. The summed E-state index contributed by atoms with van der Waals surface area (Å²) in [5.41, 5.74) is 0. The lowest BCUT2D eigenvalue weighted by Gasteiger charge is -2.41. The first-order chi connectivity index (χ1) is 23.6. The summed E-state index contributed by atoms with van der Waals surface area (Å²) < 4.78 is 58.6. The first-order valence-corrected chi connectivity index (χ1v) is 20.7. The predicted octanol–water partition coefficient (Wildman–Crippen LogP) is 6.57. The molecule has 13 heteroatoms. The summed E-state index contributed by atoms with van der Waals surface area (Å²) in [6.45, 7) is 3.92. The number of aliphatic hydroxyl groups is 3. The lowest BCUT2D eigenvalue weighted by atomic mass is 9.99. The lowest BCUT2D eigenvalue weighted by molar-refractivity contribution is -0.301. The van der Waals surface area contributed by atoms with E-state index in [1.165, 1.54) is 89.9 Å². The zero-order valence-electron chi connectivity index (χ0n) is 30.5. The fourth-order valence-corrected chi connectivity index (χ4v) is 6.53. The Kier molecular flexibility index (Phi) is 27.9. The van der Waals surface area contributed by atoms with Crippen molar-refractivity contribution in [3.63, 3.8) is 0 Å². The smallest absolute Gasteiger partial charge is 0.397 e. The second-order valence-corrected chi connectivity index (χ2v) is 14.6. The van der Waals surface area contributed by atoms with Gasteiger partial charge in [-0.2, -0.15) is 8.42 Å². The second kappa shape index (κ2) is 29.7. The van der Waals surface area contributed by atoms with Crippen LogP contribution in [-0.4, -0.2) is 97.5 Å². The van der Waals surface area contributed by atoms with Gasteiger partial charge in [0.1, 0.15) is 30.5 Å². The zero-order chi connectivity index (χ0) is 36.2. The summed E-state index contributed by atoms with van der Waals surface area (Å²) in [6.07, 6.45) is 17.5. The highest BCUT2D eigenvalue weighted by molar-refractivity contribution is 7.80. The van der Waals surface area contributed by atoms with E-state index in [1.807, 2.05) is 0 Å². The number of carbonyl (C=O) groups excluding carboxylic acids is 1. The van der Waals surface area contributed by atoms with Crippen molar-refractivity contribution < 1.29 is 56.2 Å². The van der Waals surface area contributed by atoms with Crippen LogP contribution in [-0.2, 0) is 38.3 Å². The van der Waals surface area contributed by atoms with Crippen LogP contribution in [0.1, 0.15) is 162 Å². The van der Waals surface area contributed by atoms with E-state index in [1.54, 1.807) is 0 Å². The molecule has 6 atom stereocenters. The van der Waals surface area contributed by atoms with E-state index in [4.69, 9.17) is 23.5 Å². The van der Waals surface area contributed by atoms with Crippen LogP contribution in [0.2, 0.25) is 0 Å². The minimum absolute atomic E-state index is 0.0425. The van der Waals surface area contributed by atoms with E-state index in [0.29, 0.717) is 13.0 Å². The number of esters is 1. The molecule has 292 valence electrons. The van der Waals surface area contributed by atoms with Crippen molar-refractivity contribution >= 4 is 16.4 Å². The van der Waals surface area contributed by atoms with E-state index in [0.717, 1.165) is 44.9 Å². The van der Waals surface area contributed by atoms with Gasteiger partial charge in [0.15, 0.2) is 6.29 Å². The SMILES string of the molecule is CCCCCCCCCCCCCCCCCCOCC(COC1OC(CO)C(O)C(OS(=O)(=O)O)C1O)OC(=O)CCCCCCCC. The van der Waals surface area contributed by atoms with Crippen LogP contribution in [0.25, 0.3) is 0 Å². The number of hydrogen-bond acceptors (Lipinski definition) is 11. The molecule has 0 bridgehead atoms. The molecule has 0 amide bonds. The topological polar surface area (TPSA) is 178 Å². The molecule has 0 aliphatic carbocycles. The van der Waals surface area contributed by atoms with Crippen molar-refractivity contribution in [3.8, 4) is 0 Å². The van der Waals surface area contributed by atoms with Gasteiger partial charge in [0, 0.05) is 13.0 Å². The molecule has 49 heavy (non-hydrogen) atoms. The molecular weight excluding hydrogens is 656 g/mol. The number of unbranched alkanes of at least 4 members (excludes halogenated alkanes) is 20. The van der Waals surface area contributed by atoms with Crippen LogP contribution in [0.5, 0.6) is 0 Å². The van der Waals surface area contributed by atoms with Gasteiger partial charge in [-0.1, -0.05) is 142 Å². The van der Waals surface area contributed by atoms with E-state index >= 15 is 0 Å². The number of rotatable bonds is 33. The van der Waals surface area contributed by atoms with Crippen LogP contribution in [0.3, 0.4) is 0 Å². The van der Waals surface area contributed by atoms with Crippen molar-refractivity contribution in [1.29, 1.82) is 0 Å². The highest BCUT2D eigenvalue weighted by atomic mass is 32.3. The molecule has 0 radical (unpaired) electrons. The molecular formula is C36H70O12S. The molecule has 1 saturated heterocycles. The van der Waals surface area contributed by atoms with Gasteiger partial charge in [0.2, 0.25) is 0 Å². The third-order valence-electron chi connectivity index (χ3n) is 8.98. The van der Waals surface area contributed by atoms with Gasteiger partial charge < -0.3 is 34.3 Å². The largest absolute Gasteiger partial charge is 0.457 e. The summed E-state index contributed by atoms with van der Waals surface area (Å²) in [7, 11) is -5.05. The van der Waals surface area contributed by atoms with Gasteiger partial charge in [-0.15, -0.1) is 0 Å². The first-order valence-electron chi connectivity index (χ1n) is 19.3. The van der Waals surface area contributed by atoms with Crippen LogP contribution in [0.4, 0.5) is 0 Å². The zero-order valence-corrected chi connectivity index (χ0v) is 31.3. The number of carbonyl (C=O) groups is 1. The van der Waals surface area contributed by atoms with Gasteiger partial charge in [-0.3, -0.25) is 9.35 Å². The minimum atomic E-state index is -5.05. The molecule has 12 nitrogen and oxygen atoms in total. The minimum Gasteiger partial charge on any atom is -0.457 e. The Hall–Kier alpha value is -0.900. The van der Waals surface area contributed by atoms with E-state index in [2.05, 4.69) is 18.0 Å². The lowest BCUT2D eigenvalue weighted by Crippen LogP contribution is -2.60. The van der Waals surface area contributed by atoms with Crippen LogP contribution < -0.4 is 0 Å². The Morgan fingerprint density at radius 2 is 1.16 bits per heavy atom. The van der Waals surface area contributed by atoms with Gasteiger partial charge >= 0.3 is 16.4 Å². The normalized spacial score (nSPS) is 22.0. The summed E-state index contributed by atoms with van der Waals surface area (Å²) in [5, 5.41) is 30.4. The fourth-order valence-electron chi connectivity index (χ4n) is 6.02. The summed E-state index contributed by atoms with van der Waals surface area (Å²) >= 11 is 0. The summed E-state index contributed by atoms with van der Waals surface area (Å²) in [4.78, 5) is 12.6. The van der Waals surface area contributed by atoms with E-state index < -0.39 is 59.8 Å². The number of aliphatic hydroxyl groups excluding tert-OH is 3. The van der Waals surface area contributed by atoms with Gasteiger partial charge in [0.25, 0.3) is 0 Å².